The number of benzene rings is 2. The normalized spacial score (nSPS) is 14.0. The number of hydrogen-bond donors (Lipinski definition) is 1. The summed E-state index contributed by atoms with van der Waals surface area (Å²) < 4.78 is 10.8. The monoisotopic (exact) mass is 382 g/mol. The lowest BCUT2D eigenvalue weighted by Gasteiger charge is -2.14. The van der Waals surface area contributed by atoms with Crippen molar-refractivity contribution >= 4 is 5.91 Å². The van der Waals surface area contributed by atoms with Crippen molar-refractivity contribution in [2.24, 2.45) is 0 Å². The molecule has 0 aliphatic carbocycles. The van der Waals surface area contributed by atoms with Crippen molar-refractivity contribution in [2.75, 3.05) is 26.8 Å². The average molecular weight is 383 g/mol. The predicted molar refractivity (Wildman–Crippen MR) is 111 cm³/mol. The summed E-state index contributed by atoms with van der Waals surface area (Å²) in [6.45, 7) is 4.54. The first-order valence-electron chi connectivity index (χ1n) is 10.1. The molecule has 1 aliphatic heterocycles. The van der Waals surface area contributed by atoms with Crippen molar-refractivity contribution in [3.8, 4) is 11.5 Å². The highest BCUT2D eigenvalue weighted by molar-refractivity contribution is 5.75. The molecule has 0 radical (unpaired) electrons. The van der Waals surface area contributed by atoms with E-state index in [9.17, 15) is 4.79 Å². The fraction of sp³-hybridized carbons (Fsp3) is 0.435. The van der Waals surface area contributed by atoms with Gasteiger partial charge in [-0.1, -0.05) is 24.3 Å². The third-order valence-electron chi connectivity index (χ3n) is 4.99. The molecule has 0 bridgehead atoms. The summed E-state index contributed by atoms with van der Waals surface area (Å²) in [7, 11) is 1.64. The molecular formula is C23H30N2O3. The van der Waals surface area contributed by atoms with Crippen molar-refractivity contribution in [3.63, 3.8) is 0 Å². The molecule has 150 valence electrons. The van der Waals surface area contributed by atoms with Crippen LogP contribution in [0.15, 0.2) is 48.5 Å². The molecule has 0 atom stereocenters. The van der Waals surface area contributed by atoms with Crippen molar-refractivity contribution < 1.29 is 14.3 Å². The molecule has 1 aliphatic rings. The van der Waals surface area contributed by atoms with Gasteiger partial charge in [0.25, 0.3) is 0 Å². The third kappa shape index (κ3) is 6.57. The number of likely N-dealkylation sites (tertiary alicyclic amines) is 1. The molecule has 1 amide bonds. The van der Waals surface area contributed by atoms with E-state index in [2.05, 4.69) is 34.5 Å². The van der Waals surface area contributed by atoms with Crippen LogP contribution in [0, 0.1) is 0 Å². The van der Waals surface area contributed by atoms with Crippen LogP contribution in [0.5, 0.6) is 11.5 Å². The topological polar surface area (TPSA) is 50.8 Å². The van der Waals surface area contributed by atoms with E-state index in [0.717, 1.165) is 23.6 Å². The number of carbonyl (C=O) groups excluding carboxylic acids is 1. The number of amides is 1. The van der Waals surface area contributed by atoms with Crippen molar-refractivity contribution in [1.29, 1.82) is 0 Å². The van der Waals surface area contributed by atoms with Crippen LogP contribution < -0.4 is 14.8 Å². The van der Waals surface area contributed by atoms with E-state index in [1.807, 2.05) is 24.3 Å². The number of nitrogens with one attached hydrogen (secondary N) is 1. The Kier molecular flexibility index (Phi) is 7.73. The van der Waals surface area contributed by atoms with Gasteiger partial charge in [-0.3, -0.25) is 9.69 Å². The number of ether oxygens (including phenoxy) is 2. The second-order valence-electron chi connectivity index (χ2n) is 7.20. The van der Waals surface area contributed by atoms with Crippen LogP contribution in [-0.2, 0) is 17.9 Å². The fourth-order valence-corrected chi connectivity index (χ4v) is 3.35. The molecule has 1 fully saturated rings. The molecule has 2 aromatic carbocycles. The van der Waals surface area contributed by atoms with Gasteiger partial charge in [0, 0.05) is 19.5 Å². The predicted octanol–water partition coefficient (Wildman–Crippen LogP) is 3.77. The summed E-state index contributed by atoms with van der Waals surface area (Å²) in [4.78, 5) is 14.5. The van der Waals surface area contributed by atoms with Gasteiger partial charge in [-0.05, 0) is 67.7 Å². The Balaban J connectivity index is 1.30. The Morgan fingerprint density at radius 3 is 2.29 bits per heavy atom. The molecular weight excluding hydrogens is 352 g/mol. The van der Waals surface area contributed by atoms with Gasteiger partial charge in [0.15, 0.2) is 0 Å². The standard InChI is InChI=1S/C23H30N2O3/c1-27-21-10-12-22(13-11-21)28-16-4-5-23(26)24-17-19-6-8-20(9-7-19)18-25-14-2-3-15-25/h6-13H,2-5,14-18H2,1H3,(H,24,26). The van der Waals surface area contributed by atoms with Crippen LogP contribution in [0.4, 0.5) is 0 Å². The largest absolute Gasteiger partial charge is 0.497 e. The zero-order chi connectivity index (χ0) is 19.6. The minimum absolute atomic E-state index is 0.0551. The van der Waals surface area contributed by atoms with Gasteiger partial charge in [0.2, 0.25) is 5.91 Å². The fourth-order valence-electron chi connectivity index (χ4n) is 3.35. The zero-order valence-electron chi connectivity index (χ0n) is 16.7. The van der Waals surface area contributed by atoms with E-state index in [-0.39, 0.29) is 5.91 Å². The lowest BCUT2D eigenvalue weighted by Crippen LogP contribution is -2.23. The minimum atomic E-state index is 0.0551. The molecule has 0 spiro atoms. The number of hydrogen-bond acceptors (Lipinski definition) is 4. The SMILES string of the molecule is COc1ccc(OCCCC(=O)NCc2ccc(CN3CCCC3)cc2)cc1. The van der Waals surface area contributed by atoms with Crippen LogP contribution >= 0.6 is 0 Å². The van der Waals surface area contributed by atoms with Crippen molar-refractivity contribution in [2.45, 2.75) is 38.8 Å². The van der Waals surface area contributed by atoms with Gasteiger partial charge >= 0.3 is 0 Å². The van der Waals surface area contributed by atoms with E-state index >= 15 is 0 Å². The third-order valence-corrected chi connectivity index (χ3v) is 4.99. The van der Waals surface area contributed by atoms with E-state index < -0.39 is 0 Å². The smallest absolute Gasteiger partial charge is 0.220 e. The minimum Gasteiger partial charge on any atom is -0.497 e. The Labute approximate surface area is 167 Å². The molecule has 5 nitrogen and oxygen atoms in total. The lowest BCUT2D eigenvalue weighted by atomic mass is 10.1. The van der Waals surface area contributed by atoms with Crippen molar-refractivity contribution in [3.05, 3.63) is 59.7 Å². The zero-order valence-corrected chi connectivity index (χ0v) is 16.7. The Bertz CT molecular complexity index is 723. The van der Waals surface area contributed by atoms with Crippen LogP contribution in [-0.4, -0.2) is 37.6 Å². The number of rotatable bonds is 10. The van der Waals surface area contributed by atoms with Crippen LogP contribution in [0.2, 0.25) is 0 Å². The molecule has 0 saturated carbocycles. The number of nitrogens with zero attached hydrogens (tertiary/aromatic N) is 1. The highest BCUT2D eigenvalue weighted by Crippen LogP contribution is 2.17. The number of carbonyl (C=O) groups is 1. The second kappa shape index (κ2) is 10.7. The molecule has 28 heavy (non-hydrogen) atoms. The highest BCUT2D eigenvalue weighted by Gasteiger charge is 2.11. The molecule has 0 aromatic heterocycles. The van der Waals surface area contributed by atoms with Gasteiger partial charge in [0.1, 0.15) is 11.5 Å². The van der Waals surface area contributed by atoms with Crippen LogP contribution in [0.3, 0.4) is 0 Å². The van der Waals surface area contributed by atoms with Crippen LogP contribution in [0.1, 0.15) is 36.8 Å². The molecule has 3 rings (SSSR count). The average Bonchev–Trinajstić information content (AvgIpc) is 3.24. The van der Waals surface area contributed by atoms with E-state index in [1.54, 1.807) is 7.11 Å². The second-order valence-corrected chi connectivity index (χ2v) is 7.20. The molecule has 2 aromatic rings. The summed E-state index contributed by atoms with van der Waals surface area (Å²) in [5.74, 6) is 1.64. The van der Waals surface area contributed by atoms with E-state index in [1.165, 1.54) is 31.5 Å². The maximum atomic E-state index is 12.0. The quantitative estimate of drug-likeness (QED) is 0.636. The number of methoxy groups -OCH3 is 1. The van der Waals surface area contributed by atoms with Gasteiger partial charge < -0.3 is 14.8 Å². The summed E-state index contributed by atoms with van der Waals surface area (Å²) in [5, 5.41) is 2.98. The lowest BCUT2D eigenvalue weighted by molar-refractivity contribution is -0.121. The van der Waals surface area contributed by atoms with Gasteiger partial charge in [0.05, 0.1) is 13.7 Å². The van der Waals surface area contributed by atoms with Crippen LogP contribution in [0.25, 0.3) is 0 Å². The highest BCUT2D eigenvalue weighted by atomic mass is 16.5. The first kappa shape index (κ1) is 20.2. The molecule has 5 heteroatoms. The van der Waals surface area contributed by atoms with Gasteiger partial charge in [-0.2, -0.15) is 0 Å². The van der Waals surface area contributed by atoms with Gasteiger partial charge in [-0.15, -0.1) is 0 Å². The van der Waals surface area contributed by atoms with E-state index in [0.29, 0.717) is 26.0 Å². The van der Waals surface area contributed by atoms with Crippen molar-refractivity contribution in [1.82, 2.24) is 10.2 Å². The summed E-state index contributed by atoms with van der Waals surface area (Å²) in [6, 6.07) is 16.0. The summed E-state index contributed by atoms with van der Waals surface area (Å²) >= 11 is 0. The molecule has 1 N–H and O–H groups in total. The Morgan fingerprint density at radius 2 is 1.61 bits per heavy atom. The Morgan fingerprint density at radius 1 is 0.964 bits per heavy atom. The molecule has 1 heterocycles. The summed E-state index contributed by atoms with van der Waals surface area (Å²) in [6.07, 6.45) is 3.78. The Hall–Kier alpha value is -2.53. The molecule has 1 saturated heterocycles. The maximum absolute atomic E-state index is 12.0. The first-order chi connectivity index (χ1) is 13.7. The molecule has 0 unspecified atom stereocenters. The van der Waals surface area contributed by atoms with E-state index in [4.69, 9.17) is 9.47 Å². The first-order valence-corrected chi connectivity index (χ1v) is 10.1. The summed E-state index contributed by atoms with van der Waals surface area (Å²) in [5.41, 5.74) is 2.47. The maximum Gasteiger partial charge on any atom is 0.220 e. The van der Waals surface area contributed by atoms with Gasteiger partial charge in [-0.25, -0.2) is 0 Å².